The molecule has 28 heavy (non-hydrogen) atoms. The van der Waals surface area contributed by atoms with E-state index in [4.69, 9.17) is 8.83 Å². The Bertz CT molecular complexity index is 1120. The highest BCUT2D eigenvalue weighted by Crippen LogP contribution is 2.22. The van der Waals surface area contributed by atoms with Gasteiger partial charge in [0.1, 0.15) is 17.3 Å². The molecular weight excluding hydrogens is 424 g/mol. The second-order valence-electron chi connectivity index (χ2n) is 6.62. The van der Waals surface area contributed by atoms with Crippen molar-refractivity contribution < 1.29 is 13.6 Å². The largest absolute Gasteiger partial charge is 0.454 e. The number of rotatable bonds is 5. The van der Waals surface area contributed by atoms with E-state index in [1.54, 1.807) is 12.1 Å². The number of fused-ring (bicyclic) bond motifs is 1. The Morgan fingerprint density at radius 2 is 2.00 bits per heavy atom. The topological polar surface area (TPSA) is 86.1 Å². The lowest BCUT2D eigenvalue weighted by molar-refractivity contribution is 0.0904. The van der Waals surface area contributed by atoms with E-state index in [0.717, 1.165) is 21.4 Å². The molecule has 1 unspecified atom stereocenters. The summed E-state index contributed by atoms with van der Waals surface area (Å²) in [6.45, 7) is 6.18. The average molecular weight is 443 g/mol. The van der Waals surface area contributed by atoms with Gasteiger partial charge in [0, 0.05) is 0 Å². The highest BCUT2D eigenvalue weighted by molar-refractivity contribution is 9.10. The molecule has 1 aromatic carbocycles. The average Bonchev–Trinajstić information content (AvgIpc) is 3.37. The molecule has 1 N–H and O–H groups in total. The highest BCUT2D eigenvalue weighted by Gasteiger charge is 2.19. The lowest BCUT2D eigenvalue weighted by Crippen LogP contribution is -2.26. The smallest absolute Gasteiger partial charge is 0.287 e. The van der Waals surface area contributed by atoms with Crippen molar-refractivity contribution in [1.82, 2.24) is 20.1 Å². The van der Waals surface area contributed by atoms with Gasteiger partial charge in [0.2, 0.25) is 5.89 Å². The van der Waals surface area contributed by atoms with E-state index >= 15 is 0 Å². The van der Waals surface area contributed by atoms with Crippen LogP contribution >= 0.6 is 15.9 Å². The first kappa shape index (κ1) is 18.5. The first-order valence-corrected chi connectivity index (χ1v) is 9.66. The number of hydrogen-bond acceptors (Lipinski definition) is 5. The Morgan fingerprint density at radius 3 is 2.71 bits per heavy atom. The van der Waals surface area contributed by atoms with Gasteiger partial charge in [0.25, 0.3) is 5.91 Å². The van der Waals surface area contributed by atoms with Gasteiger partial charge in [0.05, 0.1) is 22.4 Å². The maximum Gasteiger partial charge on any atom is 0.287 e. The van der Waals surface area contributed by atoms with Crippen molar-refractivity contribution in [3.63, 3.8) is 0 Å². The van der Waals surface area contributed by atoms with Gasteiger partial charge in [-0.3, -0.25) is 9.48 Å². The standard InChI is InChI=1S/C20H19BrN4O3/c1-11-18(21)13(3)25(24-11)10-14-8-9-17(27-14)19(26)22-12(2)20-23-15-6-4-5-7-16(15)28-20/h4-9,12H,10H2,1-3H3,(H,22,26). The summed E-state index contributed by atoms with van der Waals surface area (Å²) in [5.74, 6) is 1.01. The minimum Gasteiger partial charge on any atom is -0.454 e. The fraction of sp³-hybridized carbons (Fsp3) is 0.250. The molecule has 1 amide bonds. The monoisotopic (exact) mass is 442 g/mol. The quantitative estimate of drug-likeness (QED) is 0.490. The number of carbonyl (C=O) groups excluding carboxylic acids is 1. The molecule has 3 heterocycles. The Labute approximate surface area is 169 Å². The summed E-state index contributed by atoms with van der Waals surface area (Å²) in [5, 5.41) is 7.31. The van der Waals surface area contributed by atoms with E-state index in [-0.39, 0.29) is 17.7 Å². The molecule has 0 radical (unpaired) electrons. The molecule has 4 aromatic rings. The molecule has 0 fully saturated rings. The molecule has 144 valence electrons. The summed E-state index contributed by atoms with van der Waals surface area (Å²) >= 11 is 3.51. The van der Waals surface area contributed by atoms with Gasteiger partial charge in [-0.15, -0.1) is 0 Å². The minimum atomic E-state index is -0.389. The van der Waals surface area contributed by atoms with Crippen LogP contribution < -0.4 is 5.32 Å². The van der Waals surface area contributed by atoms with E-state index in [0.29, 0.717) is 23.8 Å². The number of benzene rings is 1. The second-order valence-corrected chi connectivity index (χ2v) is 7.42. The maximum atomic E-state index is 12.5. The van der Waals surface area contributed by atoms with Crippen molar-refractivity contribution in [2.24, 2.45) is 0 Å². The van der Waals surface area contributed by atoms with Crippen LogP contribution in [0.2, 0.25) is 0 Å². The zero-order valence-electron chi connectivity index (χ0n) is 15.7. The van der Waals surface area contributed by atoms with E-state index in [1.807, 2.05) is 49.7 Å². The Balaban J connectivity index is 1.45. The van der Waals surface area contributed by atoms with E-state index in [9.17, 15) is 4.79 Å². The summed E-state index contributed by atoms with van der Waals surface area (Å²) in [7, 11) is 0. The number of nitrogens with zero attached hydrogens (tertiary/aromatic N) is 3. The summed E-state index contributed by atoms with van der Waals surface area (Å²) in [4.78, 5) is 16.9. The lowest BCUT2D eigenvalue weighted by atomic mass is 10.3. The molecule has 0 aliphatic heterocycles. The summed E-state index contributed by atoms with van der Waals surface area (Å²) in [5.41, 5.74) is 3.36. The Kier molecular flexibility index (Phi) is 4.80. The first-order valence-electron chi connectivity index (χ1n) is 8.87. The molecule has 3 aromatic heterocycles. The molecule has 0 aliphatic rings. The van der Waals surface area contributed by atoms with Crippen LogP contribution in [0.4, 0.5) is 0 Å². The third kappa shape index (κ3) is 3.47. The van der Waals surface area contributed by atoms with Crippen molar-refractivity contribution in [1.29, 1.82) is 0 Å². The van der Waals surface area contributed by atoms with Gasteiger partial charge >= 0.3 is 0 Å². The predicted molar refractivity (Wildman–Crippen MR) is 107 cm³/mol. The molecule has 0 saturated heterocycles. The van der Waals surface area contributed by atoms with Gasteiger partial charge in [0.15, 0.2) is 11.3 Å². The van der Waals surface area contributed by atoms with E-state index in [2.05, 4.69) is 31.3 Å². The van der Waals surface area contributed by atoms with Crippen LogP contribution in [0, 0.1) is 13.8 Å². The van der Waals surface area contributed by atoms with Crippen molar-refractivity contribution >= 4 is 32.9 Å². The van der Waals surface area contributed by atoms with Crippen LogP contribution in [0.15, 0.2) is 49.7 Å². The van der Waals surface area contributed by atoms with Gasteiger partial charge < -0.3 is 14.2 Å². The van der Waals surface area contributed by atoms with Crippen LogP contribution in [0.5, 0.6) is 0 Å². The van der Waals surface area contributed by atoms with Crippen molar-refractivity contribution in [3.8, 4) is 0 Å². The number of amides is 1. The van der Waals surface area contributed by atoms with Crippen molar-refractivity contribution in [2.75, 3.05) is 0 Å². The van der Waals surface area contributed by atoms with Crippen LogP contribution in [0.3, 0.4) is 0 Å². The molecule has 0 spiro atoms. The van der Waals surface area contributed by atoms with Gasteiger partial charge in [-0.05, 0) is 61.0 Å². The van der Waals surface area contributed by atoms with E-state index < -0.39 is 0 Å². The predicted octanol–water partition coefficient (Wildman–Crippen LogP) is 4.54. The number of aryl methyl sites for hydroxylation is 1. The number of halogens is 1. The Morgan fingerprint density at radius 1 is 1.21 bits per heavy atom. The number of carbonyl (C=O) groups is 1. The molecule has 0 bridgehead atoms. The molecule has 0 aliphatic carbocycles. The Hall–Kier alpha value is -2.87. The zero-order valence-corrected chi connectivity index (χ0v) is 17.3. The zero-order chi connectivity index (χ0) is 19.8. The summed E-state index contributed by atoms with van der Waals surface area (Å²) in [6.07, 6.45) is 0. The third-order valence-corrected chi connectivity index (χ3v) is 5.66. The number of oxazole rings is 1. The summed E-state index contributed by atoms with van der Waals surface area (Å²) < 4.78 is 14.2. The fourth-order valence-corrected chi connectivity index (χ4v) is 3.25. The second kappa shape index (κ2) is 7.27. The van der Waals surface area contributed by atoms with Gasteiger partial charge in [-0.1, -0.05) is 12.1 Å². The van der Waals surface area contributed by atoms with Crippen LogP contribution in [0.1, 0.15) is 46.6 Å². The minimum absolute atomic E-state index is 0.235. The fourth-order valence-electron chi connectivity index (χ4n) is 2.97. The number of furan rings is 1. The van der Waals surface area contributed by atoms with Crippen molar-refractivity contribution in [2.45, 2.75) is 33.4 Å². The lowest BCUT2D eigenvalue weighted by Gasteiger charge is -2.08. The number of hydrogen-bond donors (Lipinski definition) is 1. The number of nitrogens with one attached hydrogen (secondary N) is 1. The molecule has 4 rings (SSSR count). The molecule has 8 heteroatoms. The number of aromatic nitrogens is 3. The van der Waals surface area contributed by atoms with E-state index in [1.165, 1.54) is 0 Å². The van der Waals surface area contributed by atoms with Crippen LogP contribution in [-0.2, 0) is 6.54 Å². The summed E-state index contributed by atoms with van der Waals surface area (Å²) in [6, 6.07) is 10.5. The highest BCUT2D eigenvalue weighted by atomic mass is 79.9. The first-order chi connectivity index (χ1) is 13.4. The molecule has 1 atom stereocenters. The third-order valence-electron chi connectivity index (χ3n) is 4.51. The normalized spacial score (nSPS) is 12.4. The maximum absolute atomic E-state index is 12.5. The number of para-hydroxylation sites is 2. The molecule has 7 nitrogen and oxygen atoms in total. The molecular formula is C20H19BrN4O3. The van der Waals surface area contributed by atoms with Crippen LogP contribution in [0.25, 0.3) is 11.1 Å². The van der Waals surface area contributed by atoms with Gasteiger partial charge in [-0.25, -0.2) is 4.98 Å². The SMILES string of the molecule is Cc1nn(Cc2ccc(C(=O)NC(C)c3nc4ccccc4o3)o2)c(C)c1Br. The van der Waals surface area contributed by atoms with Crippen molar-refractivity contribution in [3.05, 3.63) is 69.7 Å². The van der Waals surface area contributed by atoms with Gasteiger partial charge in [-0.2, -0.15) is 5.10 Å². The molecule has 0 saturated carbocycles. The van der Waals surface area contributed by atoms with Crippen LogP contribution in [-0.4, -0.2) is 20.7 Å².